The molecule has 34 heavy (non-hydrogen) atoms. The largest absolute Gasteiger partial charge is 0.322 e. The number of hydrogen-bond acceptors (Lipinski definition) is 6. The average Bonchev–Trinajstić information content (AvgIpc) is 3.44. The van der Waals surface area contributed by atoms with Crippen molar-refractivity contribution in [3.8, 4) is 11.3 Å². The molecule has 2 atom stereocenters. The summed E-state index contributed by atoms with van der Waals surface area (Å²) in [6, 6.07) is 9.17. The van der Waals surface area contributed by atoms with E-state index in [1.165, 1.54) is 25.0 Å². The number of nitrogens with zero attached hydrogens (tertiary/aromatic N) is 3. The SMILES string of the molecule is CNS(=O)(=O)c1c(NC(=O)C2CCCCC2C(=O)c2ccc(-c3cc(C)[nH]n3)cc2)cnn1C. The molecule has 1 fully saturated rings. The van der Waals surface area contributed by atoms with Crippen LogP contribution in [0.15, 0.2) is 41.6 Å². The molecule has 2 heterocycles. The number of nitrogens with one attached hydrogen (secondary N) is 3. The molecule has 1 aliphatic carbocycles. The molecule has 3 N–H and O–H groups in total. The van der Waals surface area contributed by atoms with Crippen molar-refractivity contribution < 1.29 is 18.0 Å². The Balaban J connectivity index is 1.54. The highest BCUT2D eigenvalue weighted by Crippen LogP contribution is 2.34. The lowest BCUT2D eigenvalue weighted by Crippen LogP contribution is -2.36. The van der Waals surface area contributed by atoms with Gasteiger partial charge >= 0.3 is 0 Å². The molecule has 2 aromatic heterocycles. The van der Waals surface area contributed by atoms with E-state index < -0.39 is 21.9 Å². The van der Waals surface area contributed by atoms with Gasteiger partial charge in [-0.1, -0.05) is 37.1 Å². The van der Waals surface area contributed by atoms with Gasteiger partial charge in [0.2, 0.25) is 5.91 Å². The minimum absolute atomic E-state index is 0.0844. The van der Waals surface area contributed by atoms with Crippen molar-refractivity contribution in [1.29, 1.82) is 0 Å². The van der Waals surface area contributed by atoms with Crippen molar-refractivity contribution in [1.82, 2.24) is 24.7 Å². The molecule has 3 aromatic rings. The summed E-state index contributed by atoms with van der Waals surface area (Å²) >= 11 is 0. The molecule has 0 bridgehead atoms. The van der Waals surface area contributed by atoms with Crippen LogP contribution in [0, 0.1) is 18.8 Å². The Morgan fingerprint density at radius 1 is 1.12 bits per heavy atom. The van der Waals surface area contributed by atoms with Crippen LogP contribution in [0.1, 0.15) is 41.7 Å². The highest BCUT2D eigenvalue weighted by Gasteiger charge is 2.37. The minimum atomic E-state index is -3.83. The summed E-state index contributed by atoms with van der Waals surface area (Å²) < 4.78 is 28.2. The highest BCUT2D eigenvalue weighted by molar-refractivity contribution is 7.89. The summed E-state index contributed by atoms with van der Waals surface area (Å²) in [5.41, 5.74) is 3.28. The summed E-state index contributed by atoms with van der Waals surface area (Å²) in [6.45, 7) is 1.92. The summed E-state index contributed by atoms with van der Waals surface area (Å²) in [6.07, 6.45) is 4.15. The molecule has 180 valence electrons. The minimum Gasteiger partial charge on any atom is -0.322 e. The van der Waals surface area contributed by atoms with Gasteiger partial charge in [-0.2, -0.15) is 10.2 Å². The number of aromatic amines is 1. The van der Waals surface area contributed by atoms with E-state index in [9.17, 15) is 18.0 Å². The monoisotopic (exact) mass is 484 g/mol. The molecular weight excluding hydrogens is 456 g/mol. The zero-order valence-electron chi connectivity index (χ0n) is 19.3. The number of anilines is 1. The first-order chi connectivity index (χ1) is 16.2. The molecule has 1 aliphatic rings. The van der Waals surface area contributed by atoms with Crippen LogP contribution in [0.25, 0.3) is 11.3 Å². The maximum atomic E-state index is 13.4. The smallest absolute Gasteiger partial charge is 0.259 e. The molecule has 0 aliphatic heterocycles. The number of H-pyrrole nitrogens is 1. The number of amides is 1. The second-order valence-corrected chi connectivity index (χ2v) is 10.4. The van der Waals surface area contributed by atoms with Crippen LogP contribution < -0.4 is 10.0 Å². The van der Waals surface area contributed by atoms with Crippen LogP contribution >= 0.6 is 0 Å². The van der Waals surface area contributed by atoms with E-state index in [1.54, 1.807) is 12.1 Å². The molecule has 0 saturated heterocycles. The lowest BCUT2D eigenvalue weighted by molar-refractivity contribution is -0.122. The normalized spacial score (nSPS) is 18.6. The van der Waals surface area contributed by atoms with Crippen LogP contribution in [0.3, 0.4) is 0 Å². The first kappa shape index (κ1) is 23.8. The first-order valence-corrected chi connectivity index (χ1v) is 12.6. The first-order valence-electron chi connectivity index (χ1n) is 11.1. The van der Waals surface area contributed by atoms with Crippen LogP contribution in [0.2, 0.25) is 0 Å². The van der Waals surface area contributed by atoms with Gasteiger partial charge < -0.3 is 5.32 Å². The van der Waals surface area contributed by atoms with E-state index in [4.69, 9.17) is 0 Å². The summed E-state index contributed by atoms with van der Waals surface area (Å²) in [4.78, 5) is 26.6. The fourth-order valence-corrected chi connectivity index (χ4v) is 5.48. The number of carbonyl (C=O) groups is 2. The lowest BCUT2D eigenvalue weighted by Gasteiger charge is -2.29. The Labute approximate surface area is 198 Å². The van der Waals surface area contributed by atoms with Gasteiger partial charge in [0.15, 0.2) is 10.8 Å². The standard InChI is InChI=1S/C23H28N6O4S/c1-14-12-19(28-27-14)15-8-10-16(11-9-15)21(30)17-6-4-5-7-18(17)22(31)26-20-13-25-29(3)23(20)34(32,33)24-2/h8-13,17-18,24H,4-7H2,1-3H3,(H,26,31)(H,27,28). The molecule has 0 radical (unpaired) electrons. The summed E-state index contributed by atoms with van der Waals surface area (Å²) in [5.74, 6) is -1.49. The average molecular weight is 485 g/mol. The number of sulfonamides is 1. The Kier molecular flexibility index (Phi) is 6.67. The fraction of sp³-hybridized carbons (Fsp3) is 0.391. The molecule has 1 amide bonds. The third kappa shape index (κ3) is 4.66. The van der Waals surface area contributed by atoms with Gasteiger partial charge in [-0.05, 0) is 32.9 Å². The van der Waals surface area contributed by atoms with E-state index in [2.05, 4.69) is 25.3 Å². The van der Waals surface area contributed by atoms with Gasteiger partial charge in [-0.15, -0.1) is 0 Å². The fourth-order valence-electron chi connectivity index (χ4n) is 4.50. The lowest BCUT2D eigenvalue weighted by atomic mass is 9.75. The number of aryl methyl sites for hydroxylation is 2. The maximum absolute atomic E-state index is 13.4. The Morgan fingerprint density at radius 2 is 1.79 bits per heavy atom. The molecule has 11 heteroatoms. The number of Topliss-reactive ketones (excluding diaryl/α,β-unsaturated/α-hetero) is 1. The van der Waals surface area contributed by atoms with Crippen molar-refractivity contribution in [3.05, 3.63) is 47.8 Å². The molecule has 10 nitrogen and oxygen atoms in total. The van der Waals surface area contributed by atoms with Gasteiger partial charge in [-0.25, -0.2) is 13.1 Å². The number of rotatable bonds is 7. The van der Waals surface area contributed by atoms with Gasteiger partial charge in [0, 0.05) is 35.7 Å². The molecule has 4 rings (SSSR count). The van der Waals surface area contributed by atoms with Crippen molar-refractivity contribution >= 4 is 27.4 Å². The second-order valence-electron chi connectivity index (χ2n) is 8.56. The summed E-state index contributed by atoms with van der Waals surface area (Å²) in [7, 11) is -1.05. The van der Waals surface area contributed by atoms with E-state index in [1.807, 2.05) is 25.1 Å². The molecule has 2 unspecified atom stereocenters. The number of aromatic nitrogens is 4. The van der Waals surface area contributed by atoms with Crippen LogP contribution in [0.5, 0.6) is 0 Å². The molecule has 0 spiro atoms. The van der Waals surface area contributed by atoms with Crippen molar-refractivity contribution in [2.24, 2.45) is 18.9 Å². The number of ketones is 1. The number of hydrogen-bond donors (Lipinski definition) is 3. The zero-order valence-corrected chi connectivity index (χ0v) is 20.1. The topological polar surface area (TPSA) is 139 Å². The van der Waals surface area contributed by atoms with Crippen molar-refractivity contribution in [2.45, 2.75) is 37.6 Å². The van der Waals surface area contributed by atoms with E-state index in [-0.39, 0.29) is 22.4 Å². The van der Waals surface area contributed by atoms with E-state index in [0.29, 0.717) is 18.4 Å². The quantitative estimate of drug-likeness (QED) is 0.441. The number of carbonyl (C=O) groups excluding carboxylic acids is 2. The Hall–Kier alpha value is -3.31. The zero-order chi connectivity index (χ0) is 24.5. The predicted molar refractivity (Wildman–Crippen MR) is 127 cm³/mol. The van der Waals surface area contributed by atoms with Crippen LogP contribution in [-0.4, -0.2) is 47.1 Å². The highest BCUT2D eigenvalue weighted by atomic mass is 32.2. The third-order valence-corrected chi connectivity index (χ3v) is 7.81. The molecule has 1 aromatic carbocycles. The van der Waals surface area contributed by atoms with Gasteiger partial charge in [0.25, 0.3) is 10.0 Å². The van der Waals surface area contributed by atoms with Crippen molar-refractivity contribution in [3.63, 3.8) is 0 Å². The predicted octanol–water partition coefficient (Wildman–Crippen LogP) is 2.65. The second kappa shape index (κ2) is 9.51. The number of benzene rings is 1. The summed E-state index contributed by atoms with van der Waals surface area (Å²) in [5, 5.41) is 13.7. The Bertz CT molecular complexity index is 1310. The van der Waals surface area contributed by atoms with E-state index >= 15 is 0 Å². The van der Waals surface area contributed by atoms with E-state index in [0.717, 1.165) is 29.8 Å². The Morgan fingerprint density at radius 3 is 2.41 bits per heavy atom. The van der Waals surface area contributed by atoms with Crippen LogP contribution in [-0.2, 0) is 21.9 Å². The van der Waals surface area contributed by atoms with Gasteiger partial charge in [-0.3, -0.25) is 19.4 Å². The third-order valence-electron chi connectivity index (χ3n) is 6.28. The molecular formula is C23H28N6O4S. The molecule has 1 saturated carbocycles. The van der Waals surface area contributed by atoms with Gasteiger partial charge in [0.05, 0.1) is 17.6 Å². The van der Waals surface area contributed by atoms with Crippen molar-refractivity contribution in [2.75, 3.05) is 12.4 Å². The van der Waals surface area contributed by atoms with Crippen LogP contribution in [0.4, 0.5) is 5.69 Å². The van der Waals surface area contributed by atoms with Gasteiger partial charge in [0.1, 0.15) is 0 Å². The maximum Gasteiger partial charge on any atom is 0.259 e.